The van der Waals surface area contributed by atoms with Crippen LogP contribution in [0.3, 0.4) is 0 Å². The van der Waals surface area contributed by atoms with Gasteiger partial charge in [-0.2, -0.15) is 0 Å². The molecule has 0 fully saturated rings. The highest BCUT2D eigenvalue weighted by Crippen LogP contribution is 2.19. The average Bonchev–Trinajstić information content (AvgIpc) is 2.75. The van der Waals surface area contributed by atoms with E-state index in [4.69, 9.17) is 4.74 Å². The number of rotatable bonds is 5. The van der Waals surface area contributed by atoms with Crippen LogP contribution in [-0.4, -0.2) is 17.5 Å². The van der Waals surface area contributed by atoms with Crippen LogP contribution in [0.25, 0.3) is 10.9 Å². The molecule has 0 aliphatic rings. The summed E-state index contributed by atoms with van der Waals surface area (Å²) < 4.78 is 7.15. The van der Waals surface area contributed by atoms with E-state index in [1.807, 2.05) is 35.8 Å². The summed E-state index contributed by atoms with van der Waals surface area (Å²) in [6.45, 7) is 4.57. The van der Waals surface area contributed by atoms with Crippen molar-refractivity contribution in [2.45, 2.75) is 20.4 Å². The molecule has 1 aromatic heterocycles. The van der Waals surface area contributed by atoms with E-state index in [0.717, 1.165) is 16.6 Å². The molecule has 0 atom stereocenters. The molecule has 0 spiro atoms. The Morgan fingerprint density at radius 3 is 2.37 bits per heavy atom. The molecule has 3 aromatic carbocycles. The van der Waals surface area contributed by atoms with Gasteiger partial charge < -0.3 is 9.30 Å². The van der Waals surface area contributed by atoms with Crippen molar-refractivity contribution in [1.82, 2.24) is 4.57 Å². The summed E-state index contributed by atoms with van der Waals surface area (Å²) in [7, 11) is 1.58. The van der Waals surface area contributed by atoms with Gasteiger partial charge in [0.15, 0.2) is 5.78 Å². The highest BCUT2D eigenvalue weighted by Gasteiger charge is 2.17. The fourth-order valence-electron chi connectivity index (χ4n) is 3.71. The molecule has 0 N–H and O–H groups in total. The van der Waals surface area contributed by atoms with Gasteiger partial charge in [-0.3, -0.25) is 9.59 Å². The number of benzene rings is 3. The molecule has 150 valence electrons. The minimum atomic E-state index is -0.288. The Bertz CT molecular complexity index is 1300. The summed E-state index contributed by atoms with van der Waals surface area (Å²) in [4.78, 5) is 26.4. The van der Waals surface area contributed by atoms with Crippen molar-refractivity contribution < 1.29 is 9.53 Å². The molecule has 0 saturated heterocycles. The summed E-state index contributed by atoms with van der Waals surface area (Å²) in [5.74, 6) is 0.376. The first-order valence-corrected chi connectivity index (χ1v) is 9.84. The molecular weight excluding hydrogens is 374 g/mol. The zero-order valence-electron chi connectivity index (χ0n) is 17.3. The molecule has 4 heteroatoms. The third-order valence-electron chi connectivity index (χ3n) is 5.27. The largest absolute Gasteiger partial charge is 0.497 e. The van der Waals surface area contributed by atoms with Crippen LogP contribution < -0.4 is 10.2 Å². The van der Waals surface area contributed by atoms with Crippen molar-refractivity contribution >= 4 is 16.7 Å². The minimum Gasteiger partial charge on any atom is -0.497 e. The lowest BCUT2D eigenvalue weighted by molar-refractivity contribution is 0.103. The topological polar surface area (TPSA) is 48.3 Å². The number of aromatic nitrogens is 1. The van der Waals surface area contributed by atoms with E-state index in [0.29, 0.717) is 23.2 Å². The number of carbonyl (C=O) groups is 1. The highest BCUT2D eigenvalue weighted by molar-refractivity contribution is 6.10. The quantitative estimate of drug-likeness (QED) is 0.450. The summed E-state index contributed by atoms with van der Waals surface area (Å²) in [5, 5.41) is 0.557. The van der Waals surface area contributed by atoms with Crippen LogP contribution in [0.4, 0.5) is 0 Å². The van der Waals surface area contributed by atoms with Gasteiger partial charge in [-0.15, -0.1) is 0 Å². The van der Waals surface area contributed by atoms with Crippen LogP contribution in [0, 0.1) is 13.8 Å². The molecule has 0 unspecified atom stereocenters. The number of pyridine rings is 1. The lowest BCUT2D eigenvalue weighted by atomic mass is 10.0. The predicted octanol–water partition coefficient (Wildman–Crippen LogP) is 4.91. The van der Waals surface area contributed by atoms with E-state index < -0.39 is 0 Å². The van der Waals surface area contributed by atoms with Gasteiger partial charge in [-0.1, -0.05) is 41.5 Å². The van der Waals surface area contributed by atoms with E-state index in [2.05, 4.69) is 25.1 Å². The van der Waals surface area contributed by atoms with E-state index >= 15 is 0 Å². The molecule has 0 saturated carbocycles. The van der Waals surface area contributed by atoms with E-state index in [9.17, 15) is 9.59 Å². The number of nitrogens with zero attached hydrogens (tertiary/aromatic N) is 1. The molecule has 0 bridgehead atoms. The van der Waals surface area contributed by atoms with Crippen LogP contribution in [0.2, 0.25) is 0 Å². The van der Waals surface area contributed by atoms with Crippen molar-refractivity contribution in [2.24, 2.45) is 0 Å². The molecule has 4 aromatic rings. The zero-order chi connectivity index (χ0) is 21.3. The Hall–Kier alpha value is -3.66. The van der Waals surface area contributed by atoms with Gasteiger partial charge in [0.05, 0.1) is 18.2 Å². The Morgan fingerprint density at radius 1 is 0.933 bits per heavy atom. The predicted molar refractivity (Wildman–Crippen MR) is 120 cm³/mol. The van der Waals surface area contributed by atoms with E-state index in [1.54, 1.807) is 37.6 Å². The van der Waals surface area contributed by atoms with E-state index in [1.165, 1.54) is 5.56 Å². The van der Waals surface area contributed by atoms with Gasteiger partial charge in [0.1, 0.15) is 5.75 Å². The fraction of sp³-hybridized carbons (Fsp3) is 0.154. The van der Waals surface area contributed by atoms with Crippen LogP contribution in [0.15, 0.2) is 77.7 Å². The summed E-state index contributed by atoms with van der Waals surface area (Å²) >= 11 is 0. The van der Waals surface area contributed by atoms with Gasteiger partial charge in [-0.05, 0) is 55.8 Å². The minimum absolute atomic E-state index is 0.172. The second kappa shape index (κ2) is 7.99. The normalized spacial score (nSPS) is 10.9. The second-order valence-electron chi connectivity index (χ2n) is 7.57. The monoisotopic (exact) mass is 397 g/mol. The van der Waals surface area contributed by atoms with Crippen molar-refractivity contribution in [3.8, 4) is 5.75 Å². The standard InChI is InChI=1S/C26H23NO3/c1-17-5-4-6-19(13-17)15-27-16-23(25(28)20-8-10-21(30-3)11-9-20)26(29)22-14-18(2)7-12-24(22)27/h4-14,16H,15H2,1-3H3. The van der Waals surface area contributed by atoms with Gasteiger partial charge >= 0.3 is 0 Å². The number of carbonyl (C=O) groups excluding carboxylic acids is 1. The summed E-state index contributed by atoms with van der Waals surface area (Å²) in [6.07, 6.45) is 1.69. The van der Waals surface area contributed by atoms with Gasteiger partial charge in [-0.25, -0.2) is 0 Å². The third kappa shape index (κ3) is 3.77. The van der Waals surface area contributed by atoms with Crippen molar-refractivity contribution in [3.63, 3.8) is 0 Å². The van der Waals surface area contributed by atoms with Crippen molar-refractivity contribution in [2.75, 3.05) is 7.11 Å². The Balaban J connectivity index is 1.87. The first-order chi connectivity index (χ1) is 14.5. The molecule has 4 rings (SSSR count). The van der Waals surface area contributed by atoms with Crippen LogP contribution in [0.1, 0.15) is 32.6 Å². The number of methoxy groups -OCH3 is 1. The summed E-state index contributed by atoms with van der Waals surface area (Å²) in [6, 6.07) is 20.8. The number of aryl methyl sites for hydroxylation is 2. The first-order valence-electron chi connectivity index (χ1n) is 9.84. The third-order valence-corrected chi connectivity index (χ3v) is 5.27. The van der Waals surface area contributed by atoms with Gasteiger partial charge in [0.2, 0.25) is 5.43 Å². The maximum Gasteiger partial charge on any atom is 0.200 e. The molecule has 0 amide bonds. The molecule has 1 heterocycles. The van der Waals surface area contributed by atoms with Crippen LogP contribution in [-0.2, 0) is 6.54 Å². The molecule has 0 radical (unpaired) electrons. The lowest BCUT2D eigenvalue weighted by Gasteiger charge is -2.14. The molecule has 30 heavy (non-hydrogen) atoms. The van der Waals surface area contributed by atoms with Crippen LogP contribution in [0.5, 0.6) is 5.75 Å². The van der Waals surface area contributed by atoms with Gasteiger partial charge in [0, 0.05) is 23.7 Å². The number of hydrogen-bond donors (Lipinski definition) is 0. The number of ether oxygens (including phenoxy) is 1. The molecular formula is C26H23NO3. The van der Waals surface area contributed by atoms with Crippen molar-refractivity contribution in [1.29, 1.82) is 0 Å². The Kier molecular flexibility index (Phi) is 5.23. The maximum absolute atomic E-state index is 13.2. The smallest absolute Gasteiger partial charge is 0.200 e. The zero-order valence-corrected chi connectivity index (χ0v) is 17.3. The number of ketones is 1. The summed E-state index contributed by atoms with van der Waals surface area (Å²) in [5.41, 5.74) is 4.48. The SMILES string of the molecule is COc1ccc(C(=O)c2cn(Cc3cccc(C)c3)c3ccc(C)cc3c2=O)cc1. The van der Waals surface area contributed by atoms with Crippen molar-refractivity contribution in [3.05, 3.63) is 111 Å². The maximum atomic E-state index is 13.2. The number of hydrogen-bond acceptors (Lipinski definition) is 3. The molecule has 0 aliphatic heterocycles. The van der Waals surface area contributed by atoms with Crippen LogP contribution >= 0.6 is 0 Å². The molecule has 0 aliphatic carbocycles. The lowest BCUT2D eigenvalue weighted by Crippen LogP contribution is -2.20. The van der Waals surface area contributed by atoms with Gasteiger partial charge in [0.25, 0.3) is 0 Å². The molecule has 4 nitrogen and oxygen atoms in total. The first kappa shape index (κ1) is 19.6. The fourth-order valence-corrected chi connectivity index (χ4v) is 3.71. The number of fused-ring (bicyclic) bond motifs is 1. The van der Waals surface area contributed by atoms with E-state index in [-0.39, 0.29) is 16.8 Å². The average molecular weight is 397 g/mol. The Morgan fingerprint density at radius 2 is 1.67 bits per heavy atom. The highest BCUT2D eigenvalue weighted by atomic mass is 16.5. The second-order valence-corrected chi connectivity index (χ2v) is 7.57. The Labute approximate surface area is 175 Å².